The minimum absolute atomic E-state index is 0.0500. The van der Waals surface area contributed by atoms with E-state index in [4.69, 9.17) is 0 Å². The van der Waals surface area contributed by atoms with Gasteiger partial charge >= 0.3 is 0 Å². The van der Waals surface area contributed by atoms with E-state index in [0.29, 0.717) is 12.1 Å². The molecule has 3 heterocycles. The molecule has 1 aromatic heterocycles. The number of aromatic nitrogens is 2. The predicted octanol–water partition coefficient (Wildman–Crippen LogP) is -0.0186. The van der Waals surface area contributed by atoms with Gasteiger partial charge in [0.2, 0.25) is 10.0 Å². The van der Waals surface area contributed by atoms with Gasteiger partial charge in [-0.15, -0.1) is 0 Å². The van der Waals surface area contributed by atoms with E-state index in [0.717, 1.165) is 25.7 Å². The van der Waals surface area contributed by atoms with Gasteiger partial charge in [0, 0.05) is 31.4 Å². The maximum atomic E-state index is 12.2. The first-order valence-electron chi connectivity index (χ1n) is 6.30. The van der Waals surface area contributed by atoms with Gasteiger partial charge in [0.15, 0.2) is 0 Å². The molecule has 1 aromatic rings. The molecule has 2 aliphatic rings. The average Bonchev–Trinajstić information content (AvgIpc) is 2.85. The predicted molar refractivity (Wildman–Crippen MR) is 66.5 cm³/mol. The van der Waals surface area contributed by atoms with Crippen LogP contribution in [0.3, 0.4) is 0 Å². The first kappa shape index (κ1) is 12.1. The molecule has 0 amide bonds. The van der Waals surface area contributed by atoms with Gasteiger partial charge in [0.1, 0.15) is 4.90 Å². The van der Waals surface area contributed by atoms with E-state index >= 15 is 0 Å². The van der Waals surface area contributed by atoms with Gasteiger partial charge in [0.05, 0.1) is 6.20 Å². The van der Waals surface area contributed by atoms with Crippen LogP contribution in [0.4, 0.5) is 0 Å². The molecule has 3 rings (SSSR count). The van der Waals surface area contributed by atoms with Gasteiger partial charge in [-0.3, -0.25) is 4.68 Å². The van der Waals surface area contributed by atoms with Crippen LogP contribution in [0.2, 0.25) is 0 Å². The van der Waals surface area contributed by atoms with Gasteiger partial charge in [-0.25, -0.2) is 13.1 Å². The topological polar surface area (TPSA) is 76.0 Å². The lowest BCUT2D eigenvalue weighted by Gasteiger charge is -2.29. The Morgan fingerprint density at radius 2 is 2.06 bits per heavy atom. The molecule has 0 radical (unpaired) electrons. The summed E-state index contributed by atoms with van der Waals surface area (Å²) in [7, 11) is -1.71. The van der Waals surface area contributed by atoms with E-state index in [1.54, 1.807) is 7.05 Å². The lowest BCUT2D eigenvalue weighted by molar-refractivity contribution is 0.345. The lowest BCUT2D eigenvalue weighted by Crippen LogP contribution is -2.47. The van der Waals surface area contributed by atoms with Crippen molar-refractivity contribution in [2.45, 2.75) is 48.7 Å². The molecule has 2 atom stereocenters. The number of sulfonamides is 1. The maximum absolute atomic E-state index is 12.2. The Morgan fingerprint density at radius 3 is 2.61 bits per heavy atom. The van der Waals surface area contributed by atoms with Crippen LogP contribution in [0.25, 0.3) is 0 Å². The summed E-state index contributed by atoms with van der Waals surface area (Å²) in [5.74, 6) is 0. The Kier molecular flexibility index (Phi) is 2.91. The van der Waals surface area contributed by atoms with Crippen LogP contribution in [-0.2, 0) is 17.1 Å². The number of hydrogen-bond donors (Lipinski definition) is 2. The van der Waals surface area contributed by atoms with Gasteiger partial charge < -0.3 is 5.32 Å². The number of hydrogen-bond acceptors (Lipinski definition) is 4. The summed E-state index contributed by atoms with van der Waals surface area (Å²) in [4.78, 5) is 0.246. The largest absolute Gasteiger partial charge is 0.311 e. The van der Waals surface area contributed by atoms with E-state index in [1.165, 1.54) is 17.1 Å². The number of nitrogens with one attached hydrogen (secondary N) is 2. The number of aryl methyl sites for hydroxylation is 1. The first-order valence-corrected chi connectivity index (χ1v) is 7.78. The van der Waals surface area contributed by atoms with Crippen molar-refractivity contribution in [3.05, 3.63) is 12.4 Å². The van der Waals surface area contributed by atoms with Crippen molar-refractivity contribution in [1.82, 2.24) is 19.8 Å². The molecule has 100 valence electrons. The fourth-order valence-corrected chi connectivity index (χ4v) is 4.22. The van der Waals surface area contributed by atoms with Crippen molar-refractivity contribution in [3.63, 3.8) is 0 Å². The van der Waals surface area contributed by atoms with E-state index in [-0.39, 0.29) is 10.9 Å². The highest BCUT2D eigenvalue weighted by molar-refractivity contribution is 7.89. The fraction of sp³-hybridized carbons (Fsp3) is 0.727. The summed E-state index contributed by atoms with van der Waals surface area (Å²) in [5, 5.41) is 7.40. The van der Waals surface area contributed by atoms with Crippen molar-refractivity contribution in [2.75, 3.05) is 0 Å². The SMILES string of the molecule is Cn1cc(S(=O)(=O)NC2CC3CCC(C2)N3)cn1. The molecule has 7 heteroatoms. The quantitative estimate of drug-likeness (QED) is 0.809. The Labute approximate surface area is 107 Å². The molecule has 2 aliphatic heterocycles. The molecule has 2 saturated heterocycles. The molecule has 6 nitrogen and oxygen atoms in total. The van der Waals surface area contributed by atoms with Crippen LogP contribution in [0.1, 0.15) is 25.7 Å². The summed E-state index contributed by atoms with van der Waals surface area (Å²) in [5.41, 5.74) is 0. The Hall–Kier alpha value is -0.920. The van der Waals surface area contributed by atoms with Gasteiger partial charge in [-0.1, -0.05) is 0 Å². The highest BCUT2D eigenvalue weighted by atomic mass is 32.2. The van der Waals surface area contributed by atoms with Gasteiger partial charge in [0.25, 0.3) is 0 Å². The molecule has 0 aliphatic carbocycles. The third-order valence-corrected chi connectivity index (χ3v) is 5.26. The van der Waals surface area contributed by atoms with Crippen LogP contribution in [0.15, 0.2) is 17.3 Å². The third kappa shape index (κ3) is 2.30. The zero-order valence-electron chi connectivity index (χ0n) is 10.3. The van der Waals surface area contributed by atoms with Crippen molar-refractivity contribution < 1.29 is 8.42 Å². The molecular formula is C11H18N4O2S. The van der Waals surface area contributed by atoms with Crippen molar-refractivity contribution in [1.29, 1.82) is 0 Å². The zero-order valence-corrected chi connectivity index (χ0v) is 11.2. The van der Waals surface area contributed by atoms with Crippen LogP contribution in [-0.4, -0.2) is 36.3 Å². The minimum atomic E-state index is -3.42. The molecule has 2 fully saturated rings. The zero-order chi connectivity index (χ0) is 12.8. The van der Waals surface area contributed by atoms with Gasteiger partial charge in [-0.05, 0) is 25.7 Å². The van der Waals surface area contributed by atoms with E-state index in [9.17, 15) is 8.42 Å². The average molecular weight is 270 g/mol. The monoisotopic (exact) mass is 270 g/mol. The number of fused-ring (bicyclic) bond motifs is 2. The van der Waals surface area contributed by atoms with Crippen molar-refractivity contribution in [3.8, 4) is 0 Å². The number of nitrogens with zero attached hydrogens (tertiary/aromatic N) is 2. The first-order chi connectivity index (χ1) is 8.53. The third-order valence-electron chi connectivity index (χ3n) is 3.79. The van der Waals surface area contributed by atoms with Crippen LogP contribution in [0.5, 0.6) is 0 Å². The second-order valence-corrected chi connectivity index (χ2v) is 6.99. The summed E-state index contributed by atoms with van der Waals surface area (Å²) >= 11 is 0. The minimum Gasteiger partial charge on any atom is -0.311 e. The molecule has 2 bridgehead atoms. The molecule has 0 spiro atoms. The molecule has 2 N–H and O–H groups in total. The number of piperidine rings is 1. The molecular weight excluding hydrogens is 252 g/mol. The van der Waals surface area contributed by atoms with Crippen molar-refractivity contribution in [2.24, 2.45) is 7.05 Å². The summed E-state index contributed by atoms with van der Waals surface area (Å²) in [6, 6.07) is 1.00. The van der Waals surface area contributed by atoms with E-state index in [1.807, 2.05) is 0 Å². The van der Waals surface area contributed by atoms with Crippen LogP contribution < -0.4 is 10.0 Å². The molecule has 2 unspecified atom stereocenters. The van der Waals surface area contributed by atoms with Crippen LogP contribution in [0, 0.1) is 0 Å². The maximum Gasteiger partial charge on any atom is 0.243 e. The smallest absolute Gasteiger partial charge is 0.243 e. The highest BCUT2D eigenvalue weighted by Gasteiger charge is 2.35. The molecule has 0 saturated carbocycles. The summed E-state index contributed by atoms with van der Waals surface area (Å²) in [6.45, 7) is 0. The lowest BCUT2D eigenvalue weighted by atomic mass is 10.0. The van der Waals surface area contributed by atoms with Crippen LogP contribution >= 0.6 is 0 Å². The van der Waals surface area contributed by atoms with Crippen molar-refractivity contribution >= 4 is 10.0 Å². The second kappa shape index (κ2) is 4.32. The standard InChI is InChI=1S/C11H18N4O2S/c1-15-7-11(6-12-15)18(16,17)14-10-4-8-2-3-9(5-10)13-8/h6-10,13-14H,2-5H2,1H3. The number of rotatable bonds is 3. The Balaban J connectivity index is 1.72. The molecule has 18 heavy (non-hydrogen) atoms. The van der Waals surface area contributed by atoms with E-state index in [2.05, 4.69) is 15.1 Å². The second-order valence-electron chi connectivity index (χ2n) is 5.28. The summed E-state index contributed by atoms with van der Waals surface area (Å²) < 4.78 is 28.6. The highest BCUT2D eigenvalue weighted by Crippen LogP contribution is 2.27. The Morgan fingerprint density at radius 1 is 1.39 bits per heavy atom. The van der Waals surface area contributed by atoms with E-state index < -0.39 is 10.0 Å². The Bertz CT molecular complexity index is 527. The fourth-order valence-electron chi connectivity index (χ4n) is 2.98. The summed E-state index contributed by atoms with van der Waals surface area (Å²) in [6.07, 6.45) is 7.01. The molecule has 0 aromatic carbocycles. The van der Waals surface area contributed by atoms with Gasteiger partial charge in [-0.2, -0.15) is 5.10 Å². The normalized spacial score (nSPS) is 31.7.